The van der Waals surface area contributed by atoms with Crippen molar-refractivity contribution in [2.75, 3.05) is 0 Å². The Hall–Kier alpha value is -1.78. The fourth-order valence-electron chi connectivity index (χ4n) is 2.20. The molecular weight excluding hydrogens is 315 g/mol. The van der Waals surface area contributed by atoms with E-state index in [2.05, 4.69) is 0 Å². The summed E-state index contributed by atoms with van der Waals surface area (Å²) in [6.07, 6.45) is 4.24. The van der Waals surface area contributed by atoms with Gasteiger partial charge in [-0.1, -0.05) is 65.7 Å². The molecule has 0 aliphatic heterocycles. The second-order valence-electron chi connectivity index (χ2n) is 4.76. The molecule has 0 saturated carbocycles. The third kappa shape index (κ3) is 2.69. The van der Waals surface area contributed by atoms with Crippen molar-refractivity contribution in [3.8, 4) is 0 Å². The monoisotopic (exact) mass is 326 g/mol. The number of halogens is 2. The highest BCUT2D eigenvalue weighted by Crippen LogP contribution is 2.47. The maximum Gasteiger partial charge on any atom is 0.328 e. The summed E-state index contributed by atoms with van der Waals surface area (Å²) >= 11 is 12.0. The highest BCUT2D eigenvalue weighted by atomic mass is 35.5. The van der Waals surface area contributed by atoms with Crippen LogP contribution in [0.5, 0.6) is 0 Å². The van der Waals surface area contributed by atoms with Crippen LogP contribution < -0.4 is 0 Å². The molecule has 1 aromatic rings. The molecule has 0 fully saturated rings. The molecule has 2 rings (SSSR count). The summed E-state index contributed by atoms with van der Waals surface area (Å²) in [5.41, 5.74) is -0.754. The van der Waals surface area contributed by atoms with Crippen molar-refractivity contribution < 1.29 is 19.8 Å². The van der Waals surface area contributed by atoms with E-state index in [1.807, 2.05) is 30.3 Å². The van der Waals surface area contributed by atoms with Crippen LogP contribution in [-0.2, 0) is 16.0 Å². The van der Waals surface area contributed by atoms with Crippen LogP contribution in [0.2, 0.25) is 0 Å². The van der Waals surface area contributed by atoms with Crippen LogP contribution in [0.1, 0.15) is 5.56 Å². The van der Waals surface area contributed by atoms with Crippen LogP contribution in [-0.4, -0.2) is 26.5 Å². The van der Waals surface area contributed by atoms with E-state index in [1.54, 1.807) is 0 Å². The fraction of sp³-hybridized carbons (Fsp3) is 0.200. The summed E-state index contributed by atoms with van der Waals surface area (Å²) in [6.45, 7) is 0. The van der Waals surface area contributed by atoms with Crippen molar-refractivity contribution in [1.82, 2.24) is 0 Å². The van der Waals surface area contributed by atoms with Crippen molar-refractivity contribution in [1.29, 1.82) is 0 Å². The third-order valence-corrected chi connectivity index (χ3v) is 4.18. The first kappa shape index (κ1) is 15.6. The van der Waals surface area contributed by atoms with Crippen LogP contribution in [0.3, 0.4) is 0 Å². The third-order valence-electron chi connectivity index (χ3n) is 3.37. The highest BCUT2D eigenvalue weighted by molar-refractivity contribution is 6.53. The van der Waals surface area contributed by atoms with Gasteiger partial charge in [-0.05, 0) is 23.6 Å². The van der Waals surface area contributed by atoms with E-state index < -0.39 is 21.7 Å². The Kier molecular flexibility index (Phi) is 4.12. The van der Waals surface area contributed by atoms with Gasteiger partial charge in [-0.25, -0.2) is 0 Å². The largest absolute Gasteiger partial charge is 0.480 e. The molecule has 21 heavy (non-hydrogen) atoms. The van der Waals surface area contributed by atoms with Crippen molar-refractivity contribution in [2.45, 2.75) is 10.8 Å². The molecule has 0 saturated heterocycles. The number of alkyl halides is 2. The number of allylic oxidation sites excluding steroid dienone is 3. The summed E-state index contributed by atoms with van der Waals surface area (Å²) in [6, 6.07) is 9.41. The topological polar surface area (TPSA) is 74.6 Å². The van der Waals surface area contributed by atoms with Gasteiger partial charge in [0.15, 0.2) is 4.33 Å². The molecule has 1 aliphatic carbocycles. The molecule has 0 unspecified atom stereocenters. The van der Waals surface area contributed by atoms with Gasteiger partial charge in [-0.2, -0.15) is 0 Å². The minimum atomic E-state index is -2.39. The summed E-state index contributed by atoms with van der Waals surface area (Å²) in [5, 5.41) is 18.5. The molecule has 0 amide bonds. The molecule has 0 atom stereocenters. The SMILES string of the molecule is O=C(O)C1(C(=O)O)C=CC(Cc2ccccc2)=CC1(Cl)Cl. The molecule has 2 N–H and O–H groups in total. The lowest BCUT2D eigenvalue weighted by Crippen LogP contribution is -2.51. The van der Waals surface area contributed by atoms with Crippen LogP contribution in [0.15, 0.2) is 54.1 Å². The lowest BCUT2D eigenvalue weighted by atomic mass is 9.78. The molecule has 110 valence electrons. The van der Waals surface area contributed by atoms with Gasteiger partial charge in [-0.3, -0.25) is 9.59 Å². The fourth-order valence-corrected chi connectivity index (χ4v) is 2.93. The van der Waals surface area contributed by atoms with Crippen molar-refractivity contribution in [2.24, 2.45) is 5.41 Å². The van der Waals surface area contributed by atoms with Gasteiger partial charge in [0, 0.05) is 0 Å². The van der Waals surface area contributed by atoms with E-state index in [1.165, 1.54) is 12.2 Å². The van der Waals surface area contributed by atoms with Crippen LogP contribution in [0.25, 0.3) is 0 Å². The minimum absolute atomic E-state index is 0.480. The van der Waals surface area contributed by atoms with Crippen LogP contribution >= 0.6 is 23.2 Å². The molecule has 0 radical (unpaired) electrons. The second-order valence-corrected chi connectivity index (χ2v) is 6.14. The predicted molar refractivity (Wildman–Crippen MR) is 79.5 cm³/mol. The average molecular weight is 327 g/mol. The van der Waals surface area contributed by atoms with E-state index in [-0.39, 0.29) is 0 Å². The Labute approximate surface area is 131 Å². The molecule has 0 spiro atoms. The second kappa shape index (κ2) is 5.54. The standard InChI is InChI=1S/C15H12Cl2O4/c16-15(17)9-11(8-10-4-2-1-3-5-10)6-7-14(15,12(18)19)13(20)21/h1-7,9H,8H2,(H,18,19)(H,20,21). The maximum atomic E-state index is 11.4. The Morgan fingerprint density at radius 3 is 2.10 bits per heavy atom. The number of rotatable bonds is 4. The molecular formula is C15H12Cl2O4. The van der Waals surface area contributed by atoms with E-state index in [4.69, 9.17) is 23.2 Å². The zero-order valence-electron chi connectivity index (χ0n) is 10.8. The molecule has 6 heteroatoms. The number of hydrogen-bond donors (Lipinski definition) is 2. The van der Waals surface area contributed by atoms with Crippen molar-refractivity contribution in [3.63, 3.8) is 0 Å². The zero-order chi connectivity index (χ0) is 15.7. The van der Waals surface area contributed by atoms with E-state index in [9.17, 15) is 19.8 Å². The first-order valence-corrected chi connectivity index (χ1v) is 6.85. The first-order chi connectivity index (χ1) is 9.79. The predicted octanol–water partition coefficient (Wildman–Crippen LogP) is 3.05. The lowest BCUT2D eigenvalue weighted by molar-refractivity contribution is -0.160. The molecule has 1 aromatic carbocycles. The Morgan fingerprint density at radius 2 is 1.62 bits per heavy atom. The van der Waals surface area contributed by atoms with Crippen molar-refractivity contribution >= 4 is 35.1 Å². The van der Waals surface area contributed by atoms with E-state index in [0.717, 1.165) is 11.6 Å². The smallest absolute Gasteiger partial charge is 0.328 e. The summed E-state index contributed by atoms with van der Waals surface area (Å²) < 4.78 is -2.07. The number of benzene rings is 1. The number of carboxylic acids is 2. The minimum Gasteiger partial charge on any atom is -0.480 e. The van der Waals surface area contributed by atoms with Gasteiger partial charge in [0.1, 0.15) is 0 Å². The van der Waals surface area contributed by atoms with Crippen molar-refractivity contribution in [3.05, 3.63) is 59.7 Å². The lowest BCUT2D eigenvalue weighted by Gasteiger charge is -2.34. The molecule has 0 aromatic heterocycles. The van der Waals surface area contributed by atoms with Gasteiger partial charge in [-0.15, -0.1) is 0 Å². The molecule has 4 nitrogen and oxygen atoms in total. The van der Waals surface area contributed by atoms with Crippen LogP contribution in [0.4, 0.5) is 0 Å². The zero-order valence-corrected chi connectivity index (χ0v) is 12.3. The Morgan fingerprint density at radius 1 is 1.05 bits per heavy atom. The quantitative estimate of drug-likeness (QED) is 0.658. The molecule has 1 aliphatic rings. The van der Waals surface area contributed by atoms with Gasteiger partial charge in [0.05, 0.1) is 0 Å². The average Bonchev–Trinajstić information content (AvgIpc) is 2.38. The van der Waals surface area contributed by atoms with Gasteiger partial charge in [0.25, 0.3) is 0 Å². The van der Waals surface area contributed by atoms with Gasteiger partial charge in [0.2, 0.25) is 5.41 Å². The first-order valence-electron chi connectivity index (χ1n) is 6.09. The highest BCUT2D eigenvalue weighted by Gasteiger charge is 2.60. The number of hydrogen-bond acceptors (Lipinski definition) is 2. The van der Waals surface area contributed by atoms with Gasteiger partial charge < -0.3 is 10.2 Å². The van der Waals surface area contributed by atoms with E-state index >= 15 is 0 Å². The molecule has 0 bridgehead atoms. The Bertz CT molecular complexity index is 618. The van der Waals surface area contributed by atoms with Gasteiger partial charge >= 0.3 is 11.9 Å². The number of carbonyl (C=O) groups is 2. The number of carboxylic acid groups (broad SMARTS) is 2. The maximum absolute atomic E-state index is 11.4. The van der Waals surface area contributed by atoms with E-state index in [0.29, 0.717) is 12.0 Å². The summed E-state index contributed by atoms with van der Waals surface area (Å²) in [5.74, 6) is -3.21. The van der Waals surface area contributed by atoms with Crippen LogP contribution in [0, 0.1) is 5.41 Å². The number of aliphatic carboxylic acids is 2. The summed E-state index contributed by atoms with van der Waals surface area (Å²) in [4.78, 5) is 22.7. The normalized spacial score (nSPS) is 18.9. The molecule has 0 heterocycles. The summed E-state index contributed by atoms with van der Waals surface area (Å²) in [7, 11) is 0. The Balaban J connectivity index is 2.37.